The Morgan fingerprint density at radius 1 is 1.30 bits per heavy atom. The molecule has 5 heteroatoms. The van der Waals surface area contributed by atoms with Gasteiger partial charge in [0, 0.05) is 12.1 Å². The van der Waals surface area contributed by atoms with Crippen molar-refractivity contribution in [3.05, 3.63) is 30.2 Å². The van der Waals surface area contributed by atoms with Gasteiger partial charge in [0.2, 0.25) is 5.76 Å². The molecule has 0 bridgehead atoms. The number of carbonyl (C=O) groups is 1. The molecule has 0 radical (unpaired) electrons. The first-order valence-electron chi connectivity index (χ1n) is 7.04. The van der Waals surface area contributed by atoms with Gasteiger partial charge in [-0.25, -0.2) is 0 Å². The van der Waals surface area contributed by atoms with E-state index in [2.05, 4.69) is 17.4 Å². The smallest absolute Gasteiger partial charge is 0.273 e. The van der Waals surface area contributed by atoms with Crippen LogP contribution in [0.1, 0.15) is 43.1 Å². The molecular weight excluding hydrogens is 256 g/mol. The van der Waals surface area contributed by atoms with Gasteiger partial charge >= 0.3 is 0 Å². The summed E-state index contributed by atoms with van der Waals surface area (Å²) < 4.78 is 10.3. The Hall–Kier alpha value is -2.04. The molecule has 1 amide bonds. The highest BCUT2D eigenvalue weighted by Crippen LogP contribution is 2.24. The van der Waals surface area contributed by atoms with E-state index >= 15 is 0 Å². The molecule has 0 atom stereocenters. The third-order valence-corrected chi connectivity index (χ3v) is 3.86. The summed E-state index contributed by atoms with van der Waals surface area (Å²) in [7, 11) is 0. The zero-order valence-corrected chi connectivity index (χ0v) is 11.5. The zero-order valence-electron chi connectivity index (χ0n) is 11.5. The van der Waals surface area contributed by atoms with Crippen molar-refractivity contribution in [1.29, 1.82) is 0 Å². The highest BCUT2D eigenvalue weighted by atomic mass is 16.5. The third kappa shape index (κ3) is 2.76. The topological polar surface area (TPSA) is 68.3 Å². The van der Waals surface area contributed by atoms with E-state index in [1.807, 2.05) is 0 Å². The van der Waals surface area contributed by atoms with Crippen molar-refractivity contribution in [3.63, 3.8) is 0 Å². The highest BCUT2D eigenvalue weighted by molar-refractivity contribution is 5.93. The van der Waals surface area contributed by atoms with Crippen LogP contribution in [0.5, 0.6) is 0 Å². The molecule has 0 aromatic carbocycles. The molecule has 106 valence electrons. The number of hydrogen-bond acceptors (Lipinski definition) is 4. The zero-order chi connectivity index (χ0) is 13.9. The standard InChI is InChI=1S/C15H18N2O3/c1-10-4-6-11(7-5-10)16-15(18)12-9-14(20-17-12)13-3-2-8-19-13/h2-3,8-11H,4-7H2,1H3,(H,16,18). The van der Waals surface area contributed by atoms with Gasteiger partial charge < -0.3 is 14.3 Å². The summed E-state index contributed by atoms with van der Waals surface area (Å²) in [5.74, 6) is 1.63. The minimum Gasteiger partial charge on any atom is -0.461 e. The average Bonchev–Trinajstić information content (AvgIpc) is 3.11. The lowest BCUT2D eigenvalue weighted by atomic mass is 9.87. The van der Waals surface area contributed by atoms with E-state index in [1.54, 1.807) is 24.5 Å². The summed E-state index contributed by atoms with van der Waals surface area (Å²) in [6.07, 6.45) is 5.97. The van der Waals surface area contributed by atoms with Crippen molar-refractivity contribution in [3.8, 4) is 11.5 Å². The van der Waals surface area contributed by atoms with Gasteiger partial charge in [-0.2, -0.15) is 0 Å². The van der Waals surface area contributed by atoms with E-state index in [9.17, 15) is 4.79 Å². The van der Waals surface area contributed by atoms with Crippen molar-refractivity contribution in [1.82, 2.24) is 10.5 Å². The number of furan rings is 1. The van der Waals surface area contributed by atoms with Crippen LogP contribution in [0.4, 0.5) is 0 Å². The summed E-state index contributed by atoms with van der Waals surface area (Å²) in [5, 5.41) is 6.83. The largest absolute Gasteiger partial charge is 0.461 e. The molecule has 20 heavy (non-hydrogen) atoms. The van der Waals surface area contributed by atoms with Crippen LogP contribution in [0.3, 0.4) is 0 Å². The van der Waals surface area contributed by atoms with E-state index in [-0.39, 0.29) is 11.9 Å². The molecule has 3 rings (SSSR count). The molecule has 1 fully saturated rings. The number of hydrogen-bond donors (Lipinski definition) is 1. The van der Waals surface area contributed by atoms with Crippen LogP contribution in [-0.4, -0.2) is 17.1 Å². The van der Waals surface area contributed by atoms with Gasteiger partial charge in [-0.05, 0) is 43.7 Å². The van der Waals surface area contributed by atoms with Crippen LogP contribution in [0.15, 0.2) is 33.4 Å². The van der Waals surface area contributed by atoms with Gasteiger partial charge in [-0.15, -0.1) is 0 Å². The van der Waals surface area contributed by atoms with E-state index in [0.29, 0.717) is 17.2 Å². The Morgan fingerprint density at radius 3 is 2.80 bits per heavy atom. The van der Waals surface area contributed by atoms with Crippen LogP contribution >= 0.6 is 0 Å². The molecule has 2 aromatic heterocycles. The van der Waals surface area contributed by atoms with Gasteiger partial charge in [0.25, 0.3) is 5.91 Å². The molecule has 1 saturated carbocycles. The molecule has 1 aliphatic carbocycles. The number of carbonyl (C=O) groups excluding carboxylic acids is 1. The number of aromatic nitrogens is 1. The van der Waals surface area contributed by atoms with Crippen molar-refractivity contribution < 1.29 is 13.7 Å². The van der Waals surface area contributed by atoms with Crippen LogP contribution < -0.4 is 5.32 Å². The maximum Gasteiger partial charge on any atom is 0.273 e. The van der Waals surface area contributed by atoms with Crippen molar-refractivity contribution in [2.45, 2.75) is 38.6 Å². The van der Waals surface area contributed by atoms with Crippen LogP contribution in [-0.2, 0) is 0 Å². The lowest BCUT2D eigenvalue weighted by molar-refractivity contribution is 0.0914. The molecule has 5 nitrogen and oxygen atoms in total. The predicted molar refractivity (Wildman–Crippen MR) is 73.1 cm³/mol. The highest BCUT2D eigenvalue weighted by Gasteiger charge is 2.22. The van der Waals surface area contributed by atoms with Gasteiger partial charge in [0.05, 0.1) is 6.26 Å². The van der Waals surface area contributed by atoms with Crippen molar-refractivity contribution in [2.75, 3.05) is 0 Å². The number of amides is 1. The van der Waals surface area contributed by atoms with Gasteiger partial charge in [0.15, 0.2) is 11.5 Å². The van der Waals surface area contributed by atoms with Crippen LogP contribution in [0.2, 0.25) is 0 Å². The molecule has 1 aliphatic rings. The van der Waals surface area contributed by atoms with Crippen molar-refractivity contribution in [2.24, 2.45) is 5.92 Å². The van der Waals surface area contributed by atoms with Crippen LogP contribution in [0.25, 0.3) is 11.5 Å². The van der Waals surface area contributed by atoms with E-state index in [0.717, 1.165) is 18.8 Å². The maximum absolute atomic E-state index is 12.1. The van der Waals surface area contributed by atoms with Crippen LogP contribution in [0, 0.1) is 5.92 Å². The summed E-state index contributed by atoms with van der Waals surface area (Å²) in [6.45, 7) is 2.26. The molecule has 0 saturated heterocycles. The molecule has 0 aliphatic heterocycles. The fraction of sp³-hybridized carbons (Fsp3) is 0.467. The minimum atomic E-state index is -0.175. The lowest BCUT2D eigenvalue weighted by Gasteiger charge is -2.26. The molecular formula is C15H18N2O3. The number of nitrogens with zero attached hydrogens (tertiary/aromatic N) is 1. The van der Waals surface area contributed by atoms with Crippen molar-refractivity contribution >= 4 is 5.91 Å². The average molecular weight is 274 g/mol. The number of rotatable bonds is 3. The first kappa shape index (κ1) is 13.0. The Labute approximate surface area is 117 Å². The third-order valence-electron chi connectivity index (χ3n) is 3.86. The monoisotopic (exact) mass is 274 g/mol. The molecule has 0 spiro atoms. The molecule has 2 heterocycles. The Balaban J connectivity index is 1.63. The normalized spacial score (nSPS) is 22.6. The molecule has 2 aromatic rings. The summed E-state index contributed by atoms with van der Waals surface area (Å²) in [4.78, 5) is 12.1. The lowest BCUT2D eigenvalue weighted by Crippen LogP contribution is -2.37. The SMILES string of the molecule is CC1CCC(NC(=O)c2cc(-c3ccco3)on2)CC1. The second-order valence-electron chi connectivity index (χ2n) is 5.48. The predicted octanol–water partition coefficient (Wildman–Crippen LogP) is 3.24. The second kappa shape index (κ2) is 5.53. The van der Waals surface area contributed by atoms with Gasteiger partial charge in [0.1, 0.15) is 0 Å². The van der Waals surface area contributed by atoms with E-state index in [1.165, 1.54) is 12.8 Å². The number of nitrogens with one attached hydrogen (secondary N) is 1. The quantitative estimate of drug-likeness (QED) is 0.932. The first-order chi connectivity index (χ1) is 9.72. The Bertz CT molecular complexity index is 566. The fourth-order valence-corrected chi connectivity index (χ4v) is 2.58. The van der Waals surface area contributed by atoms with E-state index < -0.39 is 0 Å². The Morgan fingerprint density at radius 2 is 2.10 bits per heavy atom. The first-order valence-corrected chi connectivity index (χ1v) is 7.04. The molecule has 0 unspecified atom stereocenters. The van der Waals surface area contributed by atoms with Gasteiger partial charge in [-0.3, -0.25) is 4.79 Å². The maximum atomic E-state index is 12.1. The minimum absolute atomic E-state index is 0.175. The molecule has 1 N–H and O–H groups in total. The second-order valence-corrected chi connectivity index (χ2v) is 5.48. The van der Waals surface area contributed by atoms with Gasteiger partial charge in [-0.1, -0.05) is 12.1 Å². The Kier molecular flexibility index (Phi) is 3.58. The summed E-state index contributed by atoms with van der Waals surface area (Å²) in [6, 6.07) is 5.40. The summed E-state index contributed by atoms with van der Waals surface area (Å²) in [5.41, 5.74) is 0.301. The summed E-state index contributed by atoms with van der Waals surface area (Å²) >= 11 is 0. The fourth-order valence-electron chi connectivity index (χ4n) is 2.58. The van der Waals surface area contributed by atoms with E-state index in [4.69, 9.17) is 8.94 Å².